The number of rotatable bonds is 1. The highest BCUT2D eigenvalue weighted by molar-refractivity contribution is 6.21. The second-order valence-corrected chi connectivity index (χ2v) is 4.63. The monoisotopic (exact) mass is 229 g/mol. The number of hydrogen-bond acceptors (Lipinski definition) is 5. The molecule has 0 amide bonds. The average molecular weight is 230 g/mol. The minimum Gasteiger partial charge on any atom is -0.313 e. The zero-order valence-corrected chi connectivity index (χ0v) is 9.22. The van der Waals surface area contributed by atoms with Crippen molar-refractivity contribution in [1.82, 2.24) is 26.4 Å². The first-order valence-corrected chi connectivity index (χ1v) is 5.84. The van der Waals surface area contributed by atoms with Crippen molar-refractivity contribution in [2.24, 2.45) is 0 Å². The summed E-state index contributed by atoms with van der Waals surface area (Å²) in [4.78, 5) is 2.32. The van der Waals surface area contributed by atoms with Crippen molar-refractivity contribution in [2.45, 2.75) is 24.3 Å². The minimum atomic E-state index is -0.0142. The number of nitrogens with zero attached hydrogens (tertiary/aromatic N) is 1. The van der Waals surface area contributed by atoms with E-state index in [1.165, 1.54) is 5.57 Å². The summed E-state index contributed by atoms with van der Waals surface area (Å²) < 4.78 is 0. The van der Waals surface area contributed by atoms with Crippen molar-refractivity contribution in [2.75, 3.05) is 19.8 Å². The molecule has 0 radical (unpaired) electrons. The van der Waals surface area contributed by atoms with Crippen LogP contribution in [-0.2, 0) is 0 Å². The molecule has 3 unspecified atom stereocenters. The van der Waals surface area contributed by atoms with Crippen LogP contribution in [0.15, 0.2) is 11.6 Å². The largest absolute Gasteiger partial charge is 0.313 e. The van der Waals surface area contributed by atoms with Crippen molar-refractivity contribution in [3.63, 3.8) is 0 Å². The van der Waals surface area contributed by atoms with E-state index in [9.17, 15) is 0 Å². The van der Waals surface area contributed by atoms with Gasteiger partial charge in [-0.2, -0.15) is 0 Å². The molecule has 3 aliphatic rings. The molecule has 0 saturated carbocycles. The Morgan fingerprint density at radius 3 is 3.13 bits per heavy atom. The van der Waals surface area contributed by atoms with Crippen molar-refractivity contribution >= 4 is 11.6 Å². The second-order valence-electron chi connectivity index (χ2n) is 4.16. The van der Waals surface area contributed by atoms with Crippen LogP contribution in [0.2, 0.25) is 0 Å². The molecule has 2 saturated heterocycles. The van der Waals surface area contributed by atoms with E-state index in [0.29, 0.717) is 0 Å². The topological polar surface area (TPSA) is 51.4 Å². The summed E-state index contributed by atoms with van der Waals surface area (Å²) in [7, 11) is 0. The Labute approximate surface area is 94.2 Å². The predicted octanol–water partition coefficient (Wildman–Crippen LogP) is -0.906. The summed E-state index contributed by atoms with van der Waals surface area (Å²) in [6, 6.07) is 0. The second kappa shape index (κ2) is 4.01. The molecule has 3 aliphatic heterocycles. The number of hydrogen-bond donors (Lipinski definition) is 4. The molecular weight excluding hydrogens is 214 g/mol. The lowest BCUT2D eigenvalue weighted by Gasteiger charge is -2.26. The van der Waals surface area contributed by atoms with Crippen LogP contribution in [0.3, 0.4) is 0 Å². The van der Waals surface area contributed by atoms with Gasteiger partial charge in [-0.15, -0.1) is 11.6 Å². The van der Waals surface area contributed by atoms with E-state index in [2.05, 4.69) is 32.5 Å². The SMILES string of the molecule is ClC1NCN2C(C3=CCCNC3)NNC12. The average Bonchev–Trinajstić information content (AvgIpc) is 2.83. The Kier molecular flexibility index (Phi) is 2.68. The maximum absolute atomic E-state index is 6.13. The Hall–Kier alpha value is -0.170. The zero-order chi connectivity index (χ0) is 10.3. The van der Waals surface area contributed by atoms with Gasteiger partial charge in [0.1, 0.15) is 11.7 Å². The Balaban J connectivity index is 1.75. The summed E-state index contributed by atoms with van der Waals surface area (Å²) in [6.45, 7) is 2.89. The number of alkyl halides is 1. The van der Waals surface area contributed by atoms with E-state index in [4.69, 9.17) is 11.6 Å². The summed E-state index contributed by atoms with van der Waals surface area (Å²) in [5.74, 6) is 0. The van der Waals surface area contributed by atoms with Gasteiger partial charge in [-0.25, -0.2) is 10.9 Å². The van der Waals surface area contributed by atoms with E-state index >= 15 is 0 Å². The van der Waals surface area contributed by atoms with Gasteiger partial charge >= 0.3 is 0 Å². The molecule has 0 spiro atoms. The van der Waals surface area contributed by atoms with Crippen molar-refractivity contribution < 1.29 is 0 Å². The van der Waals surface area contributed by atoms with E-state index in [1.54, 1.807) is 0 Å². The Bertz CT molecular complexity index is 282. The highest BCUT2D eigenvalue weighted by atomic mass is 35.5. The van der Waals surface area contributed by atoms with Crippen molar-refractivity contribution in [1.29, 1.82) is 0 Å². The molecule has 6 heteroatoms. The molecule has 3 rings (SSSR count). The van der Waals surface area contributed by atoms with Gasteiger partial charge in [0.15, 0.2) is 0 Å². The normalized spacial score (nSPS) is 41.7. The molecule has 0 aromatic rings. The van der Waals surface area contributed by atoms with E-state index in [1.807, 2.05) is 0 Å². The van der Waals surface area contributed by atoms with Gasteiger partial charge in [-0.3, -0.25) is 10.2 Å². The van der Waals surface area contributed by atoms with E-state index in [-0.39, 0.29) is 17.8 Å². The van der Waals surface area contributed by atoms with E-state index in [0.717, 1.165) is 26.2 Å². The van der Waals surface area contributed by atoms with Crippen LogP contribution in [0.5, 0.6) is 0 Å². The third-order valence-corrected chi connectivity index (χ3v) is 3.60. The highest BCUT2D eigenvalue weighted by Gasteiger charge is 2.42. The van der Waals surface area contributed by atoms with Crippen LogP contribution in [0.1, 0.15) is 6.42 Å². The molecule has 3 atom stereocenters. The number of fused-ring (bicyclic) bond motifs is 1. The Morgan fingerprint density at radius 2 is 2.33 bits per heavy atom. The third kappa shape index (κ3) is 1.69. The molecule has 0 aromatic heterocycles. The molecule has 0 aliphatic carbocycles. The maximum atomic E-state index is 6.13. The lowest BCUT2D eigenvalue weighted by Crippen LogP contribution is -2.44. The molecule has 0 aromatic carbocycles. The first-order chi connectivity index (χ1) is 7.36. The molecule has 84 valence electrons. The molecule has 4 N–H and O–H groups in total. The fourth-order valence-electron chi connectivity index (χ4n) is 2.40. The van der Waals surface area contributed by atoms with Crippen LogP contribution in [-0.4, -0.2) is 42.5 Å². The van der Waals surface area contributed by atoms with Gasteiger partial charge in [0, 0.05) is 6.54 Å². The van der Waals surface area contributed by atoms with Gasteiger partial charge in [-0.1, -0.05) is 6.08 Å². The quantitative estimate of drug-likeness (QED) is 0.267. The van der Waals surface area contributed by atoms with Gasteiger partial charge in [-0.05, 0) is 18.5 Å². The third-order valence-electron chi connectivity index (χ3n) is 3.21. The van der Waals surface area contributed by atoms with Gasteiger partial charge in [0.25, 0.3) is 0 Å². The van der Waals surface area contributed by atoms with Crippen LogP contribution in [0, 0.1) is 0 Å². The molecule has 0 bridgehead atoms. The zero-order valence-electron chi connectivity index (χ0n) is 8.46. The molecule has 2 fully saturated rings. The molecule has 5 nitrogen and oxygen atoms in total. The first kappa shape index (κ1) is 10.0. The van der Waals surface area contributed by atoms with Crippen LogP contribution in [0.25, 0.3) is 0 Å². The van der Waals surface area contributed by atoms with Gasteiger partial charge < -0.3 is 5.32 Å². The minimum absolute atomic E-state index is 0.0142. The first-order valence-electron chi connectivity index (χ1n) is 5.40. The lowest BCUT2D eigenvalue weighted by atomic mass is 10.1. The molecule has 15 heavy (non-hydrogen) atoms. The predicted molar refractivity (Wildman–Crippen MR) is 58.9 cm³/mol. The summed E-state index contributed by atoms with van der Waals surface area (Å²) >= 11 is 6.13. The summed E-state index contributed by atoms with van der Waals surface area (Å²) in [5, 5.41) is 6.62. The number of halogens is 1. The van der Waals surface area contributed by atoms with Crippen LogP contribution in [0.4, 0.5) is 0 Å². The fourth-order valence-corrected chi connectivity index (χ4v) is 2.68. The summed E-state index contributed by atoms with van der Waals surface area (Å²) in [5.41, 5.74) is 7.92. The maximum Gasteiger partial charge on any atom is 0.114 e. The lowest BCUT2D eigenvalue weighted by molar-refractivity contribution is 0.253. The van der Waals surface area contributed by atoms with E-state index < -0.39 is 0 Å². The fraction of sp³-hybridized carbons (Fsp3) is 0.778. The van der Waals surface area contributed by atoms with Gasteiger partial charge in [0.2, 0.25) is 0 Å². The smallest absolute Gasteiger partial charge is 0.114 e. The van der Waals surface area contributed by atoms with Crippen molar-refractivity contribution in [3.8, 4) is 0 Å². The molecular formula is C9H16ClN5. The molecule has 3 heterocycles. The standard InChI is InChI=1S/C9H16ClN5/c10-7-9-14-13-8(15(9)5-12-7)6-2-1-3-11-4-6/h2,7-9,11-14H,1,3-5H2. The van der Waals surface area contributed by atoms with Gasteiger partial charge in [0.05, 0.1) is 12.8 Å². The summed E-state index contributed by atoms with van der Waals surface area (Å²) in [6.07, 6.45) is 3.90. The highest BCUT2D eigenvalue weighted by Crippen LogP contribution is 2.23. The van der Waals surface area contributed by atoms with Crippen LogP contribution < -0.4 is 21.5 Å². The number of nitrogens with one attached hydrogen (secondary N) is 4. The Morgan fingerprint density at radius 1 is 1.40 bits per heavy atom. The van der Waals surface area contributed by atoms with Crippen LogP contribution >= 0.6 is 11.6 Å². The van der Waals surface area contributed by atoms with Crippen molar-refractivity contribution in [3.05, 3.63) is 11.6 Å². The number of hydrazine groups is 1.